The predicted molar refractivity (Wildman–Crippen MR) is 103 cm³/mol. The summed E-state index contributed by atoms with van der Waals surface area (Å²) in [5, 5.41) is 9.55. The molecule has 3 rings (SSSR count). The number of benzene rings is 1. The van der Waals surface area contributed by atoms with Crippen LogP contribution in [0.15, 0.2) is 24.3 Å². The maximum atomic E-state index is 12.7. The number of amides is 3. The number of nitrogens with one attached hydrogen (secondary N) is 3. The molecule has 0 bridgehead atoms. The molecule has 142 valence electrons. The van der Waals surface area contributed by atoms with Crippen molar-refractivity contribution >= 4 is 17.6 Å². The minimum absolute atomic E-state index is 0.0820. The molecule has 6 nitrogen and oxygen atoms in total. The Labute approximate surface area is 155 Å². The van der Waals surface area contributed by atoms with Crippen LogP contribution in [0.25, 0.3) is 0 Å². The molecule has 6 heteroatoms. The van der Waals surface area contributed by atoms with Gasteiger partial charge in [-0.2, -0.15) is 0 Å². The summed E-state index contributed by atoms with van der Waals surface area (Å²) in [5.41, 5.74) is 1.90. The van der Waals surface area contributed by atoms with Gasteiger partial charge in [0, 0.05) is 30.9 Å². The molecule has 3 atom stereocenters. The summed E-state index contributed by atoms with van der Waals surface area (Å²) in [6, 6.07) is 8.13. The van der Waals surface area contributed by atoms with Gasteiger partial charge < -0.3 is 20.9 Å². The van der Waals surface area contributed by atoms with Crippen LogP contribution in [0.1, 0.15) is 38.2 Å². The number of urea groups is 1. The molecule has 0 aromatic heterocycles. The third-order valence-electron chi connectivity index (χ3n) is 5.44. The third kappa shape index (κ3) is 4.75. The lowest BCUT2D eigenvalue weighted by atomic mass is 9.94. The van der Waals surface area contributed by atoms with E-state index in [0.29, 0.717) is 19.1 Å². The van der Waals surface area contributed by atoms with E-state index in [1.807, 2.05) is 31.2 Å². The molecule has 3 amide bonds. The summed E-state index contributed by atoms with van der Waals surface area (Å²) in [7, 11) is 0. The van der Waals surface area contributed by atoms with Gasteiger partial charge in [-0.15, -0.1) is 0 Å². The Kier molecular flexibility index (Phi) is 6.14. The van der Waals surface area contributed by atoms with Crippen molar-refractivity contribution in [3.63, 3.8) is 0 Å². The lowest BCUT2D eigenvalue weighted by Crippen LogP contribution is -2.55. The molecule has 3 N–H and O–H groups in total. The largest absolute Gasteiger partial charge is 0.352 e. The topological polar surface area (TPSA) is 73.5 Å². The molecule has 26 heavy (non-hydrogen) atoms. The van der Waals surface area contributed by atoms with Crippen LogP contribution in [0.4, 0.5) is 10.5 Å². The first-order chi connectivity index (χ1) is 12.5. The Balaban J connectivity index is 1.54. The van der Waals surface area contributed by atoms with Crippen molar-refractivity contribution in [3.05, 3.63) is 29.8 Å². The molecular formula is C20H30N4O2. The zero-order valence-corrected chi connectivity index (χ0v) is 15.8. The quantitative estimate of drug-likeness (QED) is 0.777. The second-order valence-electron chi connectivity index (χ2n) is 7.58. The third-order valence-corrected chi connectivity index (χ3v) is 5.44. The fourth-order valence-electron chi connectivity index (χ4n) is 3.84. The normalized spacial score (nSPS) is 26.2. The van der Waals surface area contributed by atoms with Crippen molar-refractivity contribution < 1.29 is 9.59 Å². The summed E-state index contributed by atoms with van der Waals surface area (Å²) in [6.07, 6.45) is 3.81. The van der Waals surface area contributed by atoms with Crippen molar-refractivity contribution in [1.29, 1.82) is 0 Å². The molecule has 2 saturated heterocycles. The lowest BCUT2D eigenvalue weighted by molar-refractivity contribution is -0.127. The molecule has 1 aromatic rings. The van der Waals surface area contributed by atoms with Crippen molar-refractivity contribution in [1.82, 2.24) is 15.5 Å². The van der Waals surface area contributed by atoms with Gasteiger partial charge in [-0.25, -0.2) is 4.79 Å². The highest BCUT2D eigenvalue weighted by molar-refractivity contribution is 5.90. The second-order valence-corrected chi connectivity index (χ2v) is 7.58. The number of aryl methyl sites for hydroxylation is 1. The van der Waals surface area contributed by atoms with Gasteiger partial charge in [0.1, 0.15) is 0 Å². The Morgan fingerprint density at radius 1 is 1.23 bits per heavy atom. The van der Waals surface area contributed by atoms with Gasteiger partial charge in [0.15, 0.2) is 0 Å². The molecule has 3 unspecified atom stereocenters. The zero-order valence-electron chi connectivity index (χ0n) is 15.8. The van der Waals surface area contributed by atoms with Crippen molar-refractivity contribution in [2.75, 3.05) is 25.0 Å². The number of carbonyl (C=O) groups is 2. The highest BCUT2D eigenvalue weighted by Gasteiger charge is 2.31. The molecule has 2 heterocycles. The van der Waals surface area contributed by atoms with E-state index in [2.05, 4.69) is 22.9 Å². The molecule has 0 radical (unpaired) electrons. The summed E-state index contributed by atoms with van der Waals surface area (Å²) >= 11 is 0. The number of piperidine rings is 2. The number of hydrogen-bond acceptors (Lipinski definition) is 3. The maximum absolute atomic E-state index is 12.7. The fourth-order valence-corrected chi connectivity index (χ4v) is 3.84. The van der Waals surface area contributed by atoms with E-state index in [1.165, 1.54) is 0 Å². The van der Waals surface area contributed by atoms with Gasteiger partial charge in [-0.1, -0.05) is 12.1 Å². The highest BCUT2D eigenvalue weighted by atomic mass is 16.2. The van der Waals surface area contributed by atoms with Gasteiger partial charge in [0.05, 0.1) is 5.92 Å². The number of rotatable bonds is 3. The van der Waals surface area contributed by atoms with Gasteiger partial charge in [0.2, 0.25) is 5.91 Å². The molecule has 1 aromatic carbocycles. The average Bonchev–Trinajstić information content (AvgIpc) is 2.63. The van der Waals surface area contributed by atoms with Crippen LogP contribution in [-0.4, -0.2) is 48.6 Å². The van der Waals surface area contributed by atoms with Crippen LogP contribution in [0.3, 0.4) is 0 Å². The number of nitrogens with zero attached hydrogens (tertiary/aromatic N) is 1. The number of hydrogen-bond donors (Lipinski definition) is 3. The Morgan fingerprint density at radius 2 is 2.08 bits per heavy atom. The maximum Gasteiger partial charge on any atom is 0.321 e. The molecule has 0 aliphatic carbocycles. The van der Waals surface area contributed by atoms with Gasteiger partial charge in [0.25, 0.3) is 0 Å². The SMILES string of the molecule is Cc1cccc(NC(=O)N2CCCC(C(=O)NC3CCCNC3C)C2)c1. The van der Waals surface area contributed by atoms with E-state index >= 15 is 0 Å². The van der Waals surface area contributed by atoms with Gasteiger partial charge in [-0.05, 0) is 63.8 Å². The van der Waals surface area contributed by atoms with Crippen molar-refractivity contribution in [2.45, 2.75) is 51.6 Å². The monoisotopic (exact) mass is 358 g/mol. The summed E-state index contributed by atoms with van der Waals surface area (Å²) in [4.78, 5) is 27.0. The van der Waals surface area contributed by atoms with Crippen LogP contribution < -0.4 is 16.0 Å². The van der Waals surface area contributed by atoms with Crippen LogP contribution in [-0.2, 0) is 4.79 Å². The van der Waals surface area contributed by atoms with Crippen LogP contribution in [0.2, 0.25) is 0 Å². The summed E-state index contributed by atoms with van der Waals surface area (Å²) in [5.74, 6) is -0.0419. The van der Waals surface area contributed by atoms with E-state index in [1.54, 1.807) is 4.90 Å². The first kappa shape index (κ1) is 18.7. The number of carbonyl (C=O) groups excluding carboxylic acids is 2. The minimum Gasteiger partial charge on any atom is -0.352 e. The fraction of sp³-hybridized carbons (Fsp3) is 0.600. The molecule has 2 aliphatic heterocycles. The Morgan fingerprint density at radius 3 is 2.85 bits per heavy atom. The lowest BCUT2D eigenvalue weighted by Gasteiger charge is -2.35. The molecule has 0 spiro atoms. The second kappa shape index (κ2) is 8.54. The standard InChI is InChI=1S/C20H30N4O2/c1-14-6-3-8-17(12-14)22-20(26)24-11-5-7-16(13-24)19(25)23-18-9-4-10-21-15(18)2/h3,6,8,12,15-16,18,21H,4-5,7,9-11,13H2,1-2H3,(H,22,26)(H,23,25). The Hall–Kier alpha value is -2.08. The van der Waals surface area contributed by atoms with Crippen LogP contribution in [0, 0.1) is 12.8 Å². The molecular weight excluding hydrogens is 328 g/mol. The summed E-state index contributed by atoms with van der Waals surface area (Å²) in [6.45, 7) is 6.31. The molecule has 0 saturated carbocycles. The molecule has 2 aliphatic rings. The molecule has 2 fully saturated rings. The predicted octanol–water partition coefficient (Wildman–Crippen LogP) is 2.50. The van der Waals surface area contributed by atoms with E-state index in [-0.39, 0.29) is 23.9 Å². The smallest absolute Gasteiger partial charge is 0.321 e. The van der Waals surface area contributed by atoms with E-state index in [4.69, 9.17) is 0 Å². The van der Waals surface area contributed by atoms with E-state index in [0.717, 1.165) is 43.5 Å². The summed E-state index contributed by atoms with van der Waals surface area (Å²) < 4.78 is 0. The highest BCUT2D eigenvalue weighted by Crippen LogP contribution is 2.19. The average molecular weight is 358 g/mol. The van der Waals surface area contributed by atoms with E-state index < -0.39 is 0 Å². The van der Waals surface area contributed by atoms with Gasteiger partial charge in [-0.3, -0.25) is 4.79 Å². The van der Waals surface area contributed by atoms with Gasteiger partial charge >= 0.3 is 6.03 Å². The Bertz CT molecular complexity index is 648. The number of anilines is 1. The minimum atomic E-state index is -0.124. The first-order valence-corrected chi connectivity index (χ1v) is 9.69. The zero-order chi connectivity index (χ0) is 18.5. The van der Waals surface area contributed by atoms with Crippen LogP contribution in [0.5, 0.6) is 0 Å². The first-order valence-electron chi connectivity index (χ1n) is 9.69. The number of likely N-dealkylation sites (tertiary alicyclic amines) is 1. The van der Waals surface area contributed by atoms with Crippen LogP contribution >= 0.6 is 0 Å². The van der Waals surface area contributed by atoms with Crippen molar-refractivity contribution in [3.8, 4) is 0 Å². The van der Waals surface area contributed by atoms with Crippen molar-refractivity contribution in [2.24, 2.45) is 5.92 Å². The van der Waals surface area contributed by atoms with E-state index in [9.17, 15) is 9.59 Å².